The summed E-state index contributed by atoms with van der Waals surface area (Å²) in [6, 6.07) is 0.422. The molecule has 2 N–H and O–H groups in total. The van der Waals surface area contributed by atoms with Gasteiger partial charge in [-0.2, -0.15) is 5.10 Å². The van der Waals surface area contributed by atoms with Gasteiger partial charge in [0.1, 0.15) is 0 Å². The van der Waals surface area contributed by atoms with Gasteiger partial charge in [-0.1, -0.05) is 0 Å². The Morgan fingerprint density at radius 1 is 1.25 bits per heavy atom. The predicted molar refractivity (Wildman–Crippen MR) is 77.1 cm³/mol. The standard InChI is InChI=1S/C15H24N4O/c1-9-14(10(2)18(3)17-9)15-12(16)5-4-6-13(20)19(15)11-7-8-11/h11-12,15H,4-8,16H2,1-3H3. The lowest BCUT2D eigenvalue weighted by Crippen LogP contribution is -2.43. The fraction of sp³-hybridized carbons (Fsp3) is 0.733. The van der Waals surface area contributed by atoms with Gasteiger partial charge in [-0.25, -0.2) is 0 Å². The lowest BCUT2D eigenvalue weighted by Gasteiger charge is -2.34. The summed E-state index contributed by atoms with van der Waals surface area (Å²) in [5, 5.41) is 4.51. The zero-order valence-electron chi connectivity index (χ0n) is 12.6. The normalized spacial score (nSPS) is 27.8. The molecule has 20 heavy (non-hydrogen) atoms. The molecular formula is C15H24N4O. The number of likely N-dealkylation sites (tertiary alicyclic amines) is 1. The minimum absolute atomic E-state index is 0.00574. The Bertz CT molecular complexity index is 532. The molecule has 110 valence electrons. The third-order valence-corrected chi connectivity index (χ3v) is 4.72. The molecule has 1 aliphatic heterocycles. The van der Waals surface area contributed by atoms with Crippen LogP contribution in [0.4, 0.5) is 0 Å². The summed E-state index contributed by atoms with van der Waals surface area (Å²) < 4.78 is 1.90. The van der Waals surface area contributed by atoms with Gasteiger partial charge < -0.3 is 10.6 Å². The van der Waals surface area contributed by atoms with Crippen LogP contribution in [-0.2, 0) is 11.8 Å². The van der Waals surface area contributed by atoms with Crippen molar-refractivity contribution in [3.63, 3.8) is 0 Å². The molecule has 0 bridgehead atoms. The zero-order chi connectivity index (χ0) is 14.4. The Morgan fingerprint density at radius 3 is 2.50 bits per heavy atom. The number of nitrogens with two attached hydrogens (primary N) is 1. The van der Waals surface area contributed by atoms with Gasteiger partial charge in [0.2, 0.25) is 5.91 Å². The number of hydrogen-bond donors (Lipinski definition) is 1. The summed E-state index contributed by atoms with van der Waals surface area (Å²) in [6.45, 7) is 4.10. The van der Waals surface area contributed by atoms with Crippen molar-refractivity contribution < 1.29 is 4.79 Å². The topological polar surface area (TPSA) is 64.2 Å². The molecule has 1 aromatic rings. The van der Waals surface area contributed by atoms with Crippen molar-refractivity contribution in [1.82, 2.24) is 14.7 Å². The smallest absolute Gasteiger partial charge is 0.223 e. The van der Waals surface area contributed by atoms with E-state index in [-0.39, 0.29) is 18.0 Å². The van der Waals surface area contributed by atoms with Crippen molar-refractivity contribution in [3.05, 3.63) is 17.0 Å². The van der Waals surface area contributed by atoms with Gasteiger partial charge in [-0.15, -0.1) is 0 Å². The molecule has 1 saturated carbocycles. The van der Waals surface area contributed by atoms with E-state index in [9.17, 15) is 4.79 Å². The molecule has 0 radical (unpaired) electrons. The molecular weight excluding hydrogens is 252 g/mol. The molecule has 5 heteroatoms. The van der Waals surface area contributed by atoms with Crippen molar-refractivity contribution >= 4 is 5.91 Å². The van der Waals surface area contributed by atoms with Crippen LogP contribution in [0.15, 0.2) is 0 Å². The number of carbonyl (C=O) groups excluding carboxylic acids is 1. The first-order valence-electron chi connectivity index (χ1n) is 7.57. The first kappa shape index (κ1) is 13.6. The largest absolute Gasteiger partial charge is 0.331 e. The maximum Gasteiger partial charge on any atom is 0.223 e. The third-order valence-electron chi connectivity index (χ3n) is 4.72. The number of carbonyl (C=O) groups is 1. The average Bonchev–Trinajstić information content (AvgIpc) is 3.17. The Balaban J connectivity index is 2.07. The summed E-state index contributed by atoms with van der Waals surface area (Å²) in [7, 11) is 1.96. The lowest BCUT2D eigenvalue weighted by atomic mass is 9.94. The first-order chi connectivity index (χ1) is 9.50. The van der Waals surface area contributed by atoms with Gasteiger partial charge in [-0.3, -0.25) is 9.48 Å². The minimum Gasteiger partial charge on any atom is -0.331 e. The monoisotopic (exact) mass is 276 g/mol. The fourth-order valence-electron chi connectivity index (χ4n) is 3.49. The van der Waals surface area contributed by atoms with Gasteiger partial charge in [0.25, 0.3) is 0 Å². The van der Waals surface area contributed by atoms with Crippen LogP contribution >= 0.6 is 0 Å². The van der Waals surface area contributed by atoms with Gasteiger partial charge in [0.05, 0.1) is 11.7 Å². The summed E-state index contributed by atoms with van der Waals surface area (Å²) >= 11 is 0. The number of rotatable bonds is 2. The van der Waals surface area contributed by atoms with Crippen LogP contribution in [0.1, 0.15) is 55.1 Å². The fourth-order valence-corrected chi connectivity index (χ4v) is 3.49. The average molecular weight is 276 g/mol. The van der Waals surface area contributed by atoms with Crippen molar-refractivity contribution in [1.29, 1.82) is 0 Å². The summed E-state index contributed by atoms with van der Waals surface area (Å²) in [6.07, 6.45) is 4.69. The second-order valence-electron chi connectivity index (χ2n) is 6.24. The molecule has 2 fully saturated rings. The Morgan fingerprint density at radius 2 is 1.95 bits per heavy atom. The van der Waals surface area contributed by atoms with E-state index in [0.29, 0.717) is 12.5 Å². The van der Waals surface area contributed by atoms with E-state index < -0.39 is 0 Å². The lowest BCUT2D eigenvalue weighted by molar-refractivity contribution is -0.133. The molecule has 1 amide bonds. The van der Waals surface area contributed by atoms with E-state index >= 15 is 0 Å². The highest BCUT2D eigenvalue weighted by Crippen LogP contribution is 2.40. The van der Waals surface area contributed by atoms with E-state index in [1.165, 1.54) is 5.56 Å². The van der Waals surface area contributed by atoms with Gasteiger partial charge in [0, 0.05) is 36.8 Å². The maximum absolute atomic E-state index is 12.5. The maximum atomic E-state index is 12.5. The van der Waals surface area contributed by atoms with Crippen molar-refractivity contribution in [2.75, 3.05) is 0 Å². The Hall–Kier alpha value is -1.36. The first-order valence-corrected chi connectivity index (χ1v) is 7.57. The molecule has 2 unspecified atom stereocenters. The van der Waals surface area contributed by atoms with Crippen LogP contribution in [0.5, 0.6) is 0 Å². The van der Waals surface area contributed by atoms with Crippen LogP contribution in [0.25, 0.3) is 0 Å². The number of aromatic nitrogens is 2. The van der Waals surface area contributed by atoms with Crippen molar-refractivity contribution in [2.24, 2.45) is 12.8 Å². The van der Waals surface area contributed by atoms with Gasteiger partial charge in [0.15, 0.2) is 0 Å². The molecule has 0 spiro atoms. The quantitative estimate of drug-likeness (QED) is 0.892. The zero-order valence-corrected chi connectivity index (χ0v) is 12.6. The Kier molecular flexibility index (Phi) is 3.32. The second-order valence-corrected chi connectivity index (χ2v) is 6.24. The van der Waals surface area contributed by atoms with E-state index in [1.807, 2.05) is 18.7 Å². The number of amides is 1. The number of aryl methyl sites for hydroxylation is 2. The molecule has 3 rings (SSSR count). The summed E-state index contributed by atoms with van der Waals surface area (Å²) in [5.74, 6) is 0.271. The molecule has 1 saturated heterocycles. The molecule has 2 aliphatic rings. The number of hydrogen-bond acceptors (Lipinski definition) is 3. The highest BCUT2D eigenvalue weighted by molar-refractivity contribution is 5.78. The number of nitrogens with zero attached hydrogens (tertiary/aromatic N) is 3. The van der Waals surface area contributed by atoms with E-state index in [1.54, 1.807) is 0 Å². The van der Waals surface area contributed by atoms with E-state index in [4.69, 9.17) is 5.73 Å². The van der Waals surface area contributed by atoms with Crippen LogP contribution in [-0.4, -0.2) is 32.7 Å². The van der Waals surface area contributed by atoms with Crippen molar-refractivity contribution in [3.8, 4) is 0 Å². The molecule has 2 heterocycles. The molecule has 0 aromatic carbocycles. The molecule has 2 atom stereocenters. The van der Waals surface area contributed by atoms with Crippen LogP contribution < -0.4 is 5.73 Å². The van der Waals surface area contributed by atoms with Crippen LogP contribution in [0.3, 0.4) is 0 Å². The third kappa shape index (κ3) is 2.14. The SMILES string of the molecule is Cc1nn(C)c(C)c1C1C(N)CCCC(=O)N1C1CC1. The second kappa shape index (κ2) is 4.88. The van der Waals surface area contributed by atoms with Crippen LogP contribution in [0.2, 0.25) is 0 Å². The summed E-state index contributed by atoms with van der Waals surface area (Å²) in [5.41, 5.74) is 9.75. The van der Waals surface area contributed by atoms with Gasteiger partial charge in [-0.05, 0) is 39.5 Å². The van der Waals surface area contributed by atoms with Crippen LogP contribution in [0, 0.1) is 13.8 Å². The van der Waals surface area contributed by atoms with Gasteiger partial charge >= 0.3 is 0 Å². The predicted octanol–water partition coefficient (Wildman–Crippen LogP) is 1.58. The molecule has 5 nitrogen and oxygen atoms in total. The Labute approximate surface area is 120 Å². The minimum atomic E-state index is 0.00574. The molecule has 1 aromatic heterocycles. The highest BCUT2D eigenvalue weighted by atomic mass is 16.2. The highest BCUT2D eigenvalue weighted by Gasteiger charge is 2.43. The molecule has 1 aliphatic carbocycles. The van der Waals surface area contributed by atoms with Crippen molar-refractivity contribution in [2.45, 2.75) is 64.1 Å². The summed E-state index contributed by atoms with van der Waals surface area (Å²) in [4.78, 5) is 14.6. The van der Waals surface area contributed by atoms with E-state index in [0.717, 1.165) is 37.1 Å². The van der Waals surface area contributed by atoms with E-state index in [2.05, 4.69) is 16.9 Å².